The molecule has 25 heavy (non-hydrogen) atoms. The standard InChI is InChI=1S/C19H18Cl2N2O2/c1-12(2)14-6-3-13(4-7-14)5-10-18(24)25-23-19(22)16-9-8-15(20)11-17(16)21/h3-12H,1-2H3,(H2,22,23)/b10-5-. The van der Waals surface area contributed by atoms with Crippen molar-refractivity contribution in [2.24, 2.45) is 10.9 Å². The van der Waals surface area contributed by atoms with E-state index in [4.69, 9.17) is 33.8 Å². The summed E-state index contributed by atoms with van der Waals surface area (Å²) in [5.41, 5.74) is 8.33. The van der Waals surface area contributed by atoms with Gasteiger partial charge in [0.25, 0.3) is 0 Å². The average molecular weight is 377 g/mol. The Kier molecular flexibility index (Phi) is 6.62. The lowest BCUT2D eigenvalue weighted by Crippen LogP contribution is -2.15. The Balaban J connectivity index is 1.99. The summed E-state index contributed by atoms with van der Waals surface area (Å²) in [6.07, 6.45) is 2.93. The highest BCUT2D eigenvalue weighted by molar-refractivity contribution is 6.36. The van der Waals surface area contributed by atoms with E-state index in [1.165, 1.54) is 17.7 Å². The van der Waals surface area contributed by atoms with E-state index in [0.29, 0.717) is 21.5 Å². The third-order valence-corrected chi connectivity index (χ3v) is 4.00. The predicted octanol–water partition coefficient (Wildman–Crippen LogP) is 4.99. The van der Waals surface area contributed by atoms with Crippen molar-refractivity contribution < 1.29 is 9.63 Å². The summed E-state index contributed by atoms with van der Waals surface area (Å²) in [7, 11) is 0. The van der Waals surface area contributed by atoms with Gasteiger partial charge in [0, 0.05) is 16.7 Å². The molecule has 0 radical (unpaired) electrons. The number of hydrogen-bond donors (Lipinski definition) is 1. The lowest BCUT2D eigenvalue weighted by atomic mass is 10.0. The van der Waals surface area contributed by atoms with Crippen molar-refractivity contribution in [3.05, 3.63) is 75.3 Å². The number of oxime groups is 1. The summed E-state index contributed by atoms with van der Waals surface area (Å²) in [5.74, 6) is -0.189. The molecular weight excluding hydrogens is 359 g/mol. The van der Waals surface area contributed by atoms with Gasteiger partial charge < -0.3 is 10.6 Å². The zero-order valence-electron chi connectivity index (χ0n) is 13.9. The Morgan fingerprint density at radius 3 is 2.44 bits per heavy atom. The fraction of sp³-hybridized carbons (Fsp3) is 0.158. The zero-order valence-corrected chi connectivity index (χ0v) is 15.4. The molecule has 0 spiro atoms. The predicted molar refractivity (Wildman–Crippen MR) is 103 cm³/mol. The van der Waals surface area contributed by atoms with Crippen LogP contribution < -0.4 is 5.73 Å². The van der Waals surface area contributed by atoms with Crippen LogP contribution in [0, 0.1) is 0 Å². The minimum absolute atomic E-state index is 0.00953. The van der Waals surface area contributed by atoms with Crippen molar-refractivity contribution >= 4 is 41.1 Å². The first-order chi connectivity index (χ1) is 11.9. The van der Waals surface area contributed by atoms with Crippen LogP contribution in [0.3, 0.4) is 0 Å². The van der Waals surface area contributed by atoms with Gasteiger partial charge in [0.15, 0.2) is 5.84 Å². The molecule has 6 heteroatoms. The number of carbonyl (C=O) groups is 1. The molecule has 0 aromatic heterocycles. The minimum Gasteiger partial charge on any atom is -0.380 e. The van der Waals surface area contributed by atoms with Gasteiger partial charge in [-0.2, -0.15) is 0 Å². The molecule has 0 amide bonds. The molecule has 2 rings (SSSR count). The van der Waals surface area contributed by atoms with Gasteiger partial charge in [0.1, 0.15) is 0 Å². The fourth-order valence-electron chi connectivity index (χ4n) is 2.03. The molecule has 4 nitrogen and oxygen atoms in total. The van der Waals surface area contributed by atoms with Gasteiger partial charge in [0.2, 0.25) is 0 Å². The first-order valence-electron chi connectivity index (χ1n) is 7.64. The molecule has 0 aliphatic carbocycles. The van der Waals surface area contributed by atoms with Crippen LogP contribution in [0.25, 0.3) is 6.08 Å². The van der Waals surface area contributed by atoms with Gasteiger partial charge in [-0.15, -0.1) is 0 Å². The third kappa shape index (κ3) is 5.62. The lowest BCUT2D eigenvalue weighted by Gasteiger charge is -2.04. The van der Waals surface area contributed by atoms with Crippen LogP contribution in [0.15, 0.2) is 53.7 Å². The molecule has 2 N–H and O–H groups in total. The highest BCUT2D eigenvalue weighted by atomic mass is 35.5. The molecule has 0 bridgehead atoms. The van der Waals surface area contributed by atoms with Gasteiger partial charge in [-0.05, 0) is 41.3 Å². The Hall–Kier alpha value is -2.30. The zero-order chi connectivity index (χ0) is 18.4. The molecule has 0 heterocycles. The monoisotopic (exact) mass is 376 g/mol. The Morgan fingerprint density at radius 2 is 1.84 bits per heavy atom. The molecule has 0 saturated carbocycles. The summed E-state index contributed by atoms with van der Waals surface area (Å²) in [6, 6.07) is 12.7. The number of carbonyl (C=O) groups excluding carboxylic acids is 1. The van der Waals surface area contributed by atoms with E-state index in [0.717, 1.165) is 5.56 Å². The first kappa shape index (κ1) is 19.0. The maximum atomic E-state index is 11.7. The summed E-state index contributed by atoms with van der Waals surface area (Å²) in [4.78, 5) is 16.5. The molecule has 130 valence electrons. The van der Waals surface area contributed by atoms with E-state index in [-0.39, 0.29) is 5.84 Å². The topological polar surface area (TPSA) is 64.7 Å². The van der Waals surface area contributed by atoms with Crippen molar-refractivity contribution in [1.29, 1.82) is 0 Å². The SMILES string of the molecule is CC(C)c1ccc(/C=C\C(=O)O/N=C(\N)c2ccc(Cl)cc2Cl)cc1. The van der Waals surface area contributed by atoms with Crippen molar-refractivity contribution in [2.45, 2.75) is 19.8 Å². The van der Waals surface area contributed by atoms with Gasteiger partial charge in [-0.3, -0.25) is 0 Å². The number of benzene rings is 2. The van der Waals surface area contributed by atoms with Gasteiger partial charge in [0.05, 0.1) is 5.02 Å². The second-order valence-corrected chi connectivity index (χ2v) is 6.51. The smallest absolute Gasteiger partial charge is 0.358 e. The molecule has 0 fully saturated rings. The maximum absolute atomic E-state index is 11.7. The Labute approximate surface area is 156 Å². The number of rotatable bonds is 5. The van der Waals surface area contributed by atoms with Crippen LogP contribution in [0.2, 0.25) is 10.0 Å². The normalized spacial score (nSPS) is 12.0. The van der Waals surface area contributed by atoms with Crippen LogP contribution in [-0.2, 0) is 9.63 Å². The second kappa shape index (κ2) is 8.70. The molecule has 0 aliphatic rings. The van der Waals surface area contributed by atoms with E-state index in [9.17, 15) is 4.79 Å². The quantitative estimate of drug-likeness (QED) is 0.262. The van der Waals surface area contributed by atoms with Gasteiger partial charge in [-0.25, -0.2) is 4.79 Å². The highest BCUT2D eigenvalue weighted by Gasteiger charge is 2.07. The third-order valence-electron chi connectivity index (χ3n) is 3.46. The number of nitrogens with zero attached hydrogens (tertiary/aromatic N) is 1. The van der Waals surface area contributed by atoms with Crippen LogP contribution in [0.5, 0.6) is 0 Å². The van der Waals surface area contributed by atoms with E-state index >= 15 is 0 Å². The van der Waals surface area contributed by atoms with E-state index in [1.807, 2.05) is 24.3 Å². The number of halogens is 2. The number of amidine groups is 1. The summed E-state index contributed by atoms with van der Waals surface area (Å²) >= 11 is 11.8. The molecule has 0 aliphatic heterocycles. The Morgan fingerprint density at radius 1 is 1.16 bits per heavy atom. The minimum atomic E-state index is -0.638. The number of nitrogens with two attached hydrogens (primary N) is 1. The van der Waals surface area contributed by atoms with Crippen LogP contribution >= 0.6 is 23.2 Å². The highest BCUT2D eigenvalue weighted by Crippen LogP contribution is 2.20. The van der Waals surface area contributed by atoms with E-state index in [1.54, 1.807) is 18.2 Å². The van der Waals surface area contributed by atoms with Gasteiger partial charge in [-0.1, -0.05) is 66.5 Å². The van der Waals surface area contributed by atoms with Crippen molar-refractivity contribution in [3.63, 3.8) is 0 Å². The maximum Gasteiger partial charge on any atom is 0.358 e. The molecule has 2 aromatic rings. The summed E-state index contributed by atoms with van der Waals surface area (Å²) in [6.45, 7) is 4.25. The molecule has 0 atom stereocenters. The lowest BCUT2D eigenvalue weighted by molar-refractivity contribution is -0.137. The van der Waals surface area contributed by atoms with Crippen LogP contribution in [-0.4, -0.2) is 11.8 Å². The number of hydrogen-bond acceptors (Lipinski definition) is 3. The van der Waals surface area contributed by atoms with E-state index < -0.39 is 5.97 Å². The summed E-state index contributed by atoms with van der Waals surface area (Å²) < 4.78 is 0. The van der Waals surface area contributed by atoms with Crippen molar-refractivity contribution in [1.82, 2.24) is 0 Å². The van der Waals surface area contributed by atoms with Crippen LogP contribution in [0.4, 0.5) is 0 Å². The van der Waals surface area contributed by atoms with Gasteiger partial charge >= 0.3 is 5.97 Å². The average Bonchev–Trinajstić information content (AvgIpc) is 2.58. The van der Waals surface area contributed by atoms with Crippen molar-refractivity contribution in [3.8, 4) is 0 Å². The second-order valence-electron chi connectivity index (χ2n) is 5.67. The van der Waals surface area contributed by atoms with E-state index in [2.05, 4.69) is 19.0 Å². The largest absolute Gasteiger partial charge is 0.380 e. The van der Waals surface area contributed by atoms with Crippen molar-refractivity contribution in [2.75, 3.05) is 0 Å². The Bertz CT molecular complexity index is 813. The molecular formula is C19H18Cl2N2O2. The molecule has 2 aromatic carbocycles. The summed E-state index contributed by atoms with van der Waals surface area (Å²) in [5, 5.41) is 4.40. The molecule has 0 unspecified atom stereocenters. The fourth-order valence-corrected chi connectivity index (χ4v) is 2.53. The van der Waals surface area contributed by atoms with Crippen LogP contribution in [0.1, 0.15) is 36.5 Å². The molecule has 0 saturated heterocycles. The first-order valence-corrected chi connectivity index (χ1v) is 8.40.